The Labute approximate surface area is 85.2 Å². The molecule has 0 aliphatic heterocycles. The van der Waals surface area contributed by atoms with Gasteiger partial charge in [-0.25, -0.2) is 0 Å². The summed E-state index contributed by atoms with van der Waals surface area (Å²) in [5, 5.41) is 9.42. The molecule has 1 rings (SSSR count). The van der Waals surface area contributed by atoms with E-state index in [1.807, 2.05) is 12.1 Å². The molecule has 1 aromatic carbocycles. The molecule has 0 radical (unpaired) electrons. The summed E-state index contributed by atoms with van der Waals surface area (Å²) in [6, 6.07) is 5.76. The van der Waals surface area contributed by atoms with E-state index in [0.29, 0.717) is 17.4 Å². The Hall–Kier alpha value is -0.630. The number of aromatic hydroxyl groups is 1. The van der Waals surface area contributed by atoms with Crippen molar-refractivity contribution in [2.75, 3.05) is 0 Å². The van der Waals surface area contributed by atoms with Crippen LogP contribution in [0.5, 0.6) is 5.75 Å². The highest BCUT2D eigenvalue weighted by molar-refractivity contribution is 7.79. The summed E-state index contributed by atoms with van der Waals surface area (Å²) in [5.74, 6) is 1.59. The predicted octanol–water partition coefficient (Wildman–Crippen LogP) is 3.02. The average molecular weight is 196 g/mol. The molecule has 0 saturated heterocycles. The molecule has 13 heavy (non-hydrogen) atoms. The van der Waals surface area contributed by atoms with Gasteiger partial charge in [-0.2, -0.15) is 12.6 Å². The topological polar surface area (TPSA) is 20.2 Å². The minimum Gasteiger partial charge on any atom is -0.508 e. The summed E-state index contributed by atoms with van der Waals surface area (Å²) in [7, 11) is 0. The van der Waals surface area contributed by atoms with E-state index >= 15 is 0 Å². The molecule has 0 spiro atoms. The molecule has 1 nitrogen and oxygen atoms in total. The van der Waals surface area contributed by atoms with Crippen LogP contribution in [0.4, 0.5) is 0 Å². The van der Waals surface area contributed by atoms with E-state index in [1.54, 1.807) is 6.07 Å². The van der Waals surface area contributed by atoms with Crippen LogP contribution < -0.4 is 0 Å². The average Bonchev–Trinajstić information content (AvgIpc) is 2.07. The van der Waals surface area contributed by atoms with Crippen LogP contribution in [0, 0.1) is 5.92 Å². The van der Waals surface area contributed by atoms with Gasteiger partial charge < -0.3 is 5.11 Å². The molecule has 0 atom stereocenters. The van der Waals surface area contributed by atoms with Gasteiger partial charge in [0.05, 0.1) is 0 Å². The van der Waals surface area contributed by atoms with Crippen molar-refractivity contribution < 1.29 is 5.11 Å². The molecular formula is C11H16OS. The number of phenols is 1. The third-order valence-corrected chi connectivity index (χ3v) is 2.30. The van der Waals surface area contributed by atoms with E-state index in [-0.39, 0.29) is 0 Å². The smallest absolute Gasteiger partial charge is 0.119 e. The van der Waals surface area contributed by atoms with Crippen LogP contribution in [-0.2, 0) is 12.2 Å². The van der Waals surface area contributed by atoms with Gasteiger partial charge in [0, 0.05) is 11.3 Å². The molecule has 1 N–H and O–H groups in total. The molecule has 0 aliphatic rings. The molecule has 0 aromatic heterocycles. The molecule has 0 aliphatic carbocycles. The normalized spacial score (nSPS) is 10.8. The Morgan fingerprint density at radius 2 is 2.08 bits per heavy atom. The zero-order valence-corrected chi connectivity index (χ0v) is 9.01. The summed E-state index contributed by atoms with van der Waals surface area (Å²) in [5.41, 5.74) is 2.19. The maximum atomic E-state index is 9.42. The molecule has 1 aromatic rings. The van der Waals surface area contributed by atoms with E-state index in [2.05, 4.69) is 26.5 Å². The van der Waals surface area contributed by atoms with E-state index in [9.17, 15) is 5.11 Å². The summed E-state index contributed by atoms with van der Waals surface area (Å²) >= 11 is 4.16. The Bertz CT molecular complexity index is 281. The Balaban J connectivity index is 2.86. The predicted molar refractivity (Wildman–Crippen MR) is 59.3 cm³/mol. The Morgan fingerprint density at radius 1 is 1.38 bits per heavy atom. The largest absolute Gasteiger partial charge is 0.508 e. The van der Waals surface area contributed by atoms with Crippen molar-refractivity contribution in [2.45, 2.75) is 26.0 Å². The fraction of sp³-hybridized carbons (Fsp3) is 0.455. The van der Waals surface area contributed by atoms with Crippen LogP contribution in [-0.4, -0.2) is 5.11 Å². The van der Waals surface area contributed by atoms with Crippen molar-refractivity contribution >= 4 is 12.6 Å². The van der Waals surface area contributed by atoms with Gasteiger partial charge >= 0.3 is 0 Å². The van der Waals surface area contributed by atoms with Crippen LogP contribution in [0.2, 0.25) is 0 Å². The second-order valence-corrected chi connectivity index (χ2v) is 4.04. The van der Waals surface area contributed by atoms with E-state index in [0.717, 1.165) is 12.0 Å². The van der Waals surface area contributed by atoms with Gasteiger partial charge in [0.15, 0.2) is 0 Å². The van der Waals surface area contributed by atoms with Gasteiger partial charge in [-0.05, 0) is 24.0 Å². The van der Waals surface area contributed by atoms with Gasteiger partial charge in [0.2, 0.25) is 0 Å². The Kier molecular flexibility index (Phi) is 3.67. The third kappa shape index (κ3) is 2.96. The lowest BCUT2D eigenvalue weighted by molar-refractivity contribution is 0.470. The fourth-order valence-electron chi connectivity index (χ4n) is 1.36. The highest BCUT2D eigenvalue weighted by Crippen LogP contribution is 2.21. The number of hydrogen-bond acceptors (Lipinski definition) is 2. The maximum absolute atomic E-state index is 9.42. The van der Waals surface area contributed by atoms with Crippen LogP contribution in [0.3, 0.4) is 0 Å². The number of hydrogen-bond donors (Lipinski definition) is 2. The zero-order chi connectivity index (χ0) is 9.84. The van der Waals surface area contributed by atoms with Crippen molar-refractivity contribution in [2.24, 2.45) is 5.92 Å². The first-order valence-electron chi connectivity index (χ1n) is 4.55. The van der Waals surface area contributed by atoms with Crippen LogP contribution in [0.1, 0.15) is 25.0 Å². The number of phenolic OH excluding ortho intramolecular Hbond substituents is 1. The second-order valence-electron chi connectivity index (χ2n) is 3.72. The molecule has 2 heteroatoms. The molecule has 0 heterocycles. The van der Waals surface area contributed by atoms with Crippen molar-refractivity contribution in [1.29, 1.82) is 0 Å². The lowest BCUT2D eigenvalue weighted by Crippen LogP contribution is -1.94. The number of rotatable bonds is 3. The minimum absolute atomic E-state index is 0.350. The highest BCUT2D eigenvalue weighted by Gasteiger charge is 2.02. The van der Waals surface area contributed by atoms with Crippen LogP contribution >= 0.6 is 12.6 Å². The van der Waals surface area contributed by atoms with Gasteiger partial charge in [-0.3, -0.25) is 0 Å². The lowest BCUT2D eigenvalue weighted by Gasteiger charge is -2.07. The summed E-state index contributed by atoms with van der Waals surface area (Å²) in [6.45, 7) is 4.38. The highest BCUT2D eigenvalue weighted by atomic mass is 32.1. The van der Waals surface area contributed by atoms with Crippen molar-refractivity contribution in [3.8, 4) is 5.75 Å². The number of benzene rings is 1. The molecule has 0 amide bonds. The van der Waals surface area contributed by atoms with Gasteiger partial charge in [0.25, 0.3) is 0 Å². The zero-order valence-electron chi connectivity index (χ0n) is 8.12. The van der Waals surface area contributed by atoms with Crippen LogP contribution in [0.15, 0.2) is 18.2 Å². The second kappa shape index (κ2) is 4.56. The van der Waals surface area contributed by atoms with Gasteiger partial charge in [-0.1, -0.05) is 26.0 Å². The monoisotopic (exact) mass is 196 g/mol. The van der Waals surface area contributed by atoms with E-state index < -0.39 is 0 Å². The SMILES string of the molecule is CC(C)Cc1ccc(O)c(CS)c1. The first kappa shape index (κ1) is 10.5. The van der Waals surface area contributed by atoms with E-state index in [4.69, 9.17) is 0 Å². The summed E-state index contributed by atoms with van der Waals surface area (Å²) < 4.78 is 0. The quantitative estimate of drug-likeness (QED) is 0.712. The van der Waals surface area contributed by atoms with Crippen molar-refractivity contribution in [1.82, 2.24) is 0 Å². The first-order valence-corrected chi connectivity index (χ1v) is 5.18. The summed E-state index contributed by atoms with van der Waals surface area (Å²) in [6.07, 6.45) is 1.06. The van der Waals surface area contributed by atoms with Gasteiger partial charge in [-0.15, -0.1) is 0 Å². The molecule has 0 bridgehead atoms. The number of thiol groups is 1. The molecular weight excluding hydrogens is 180 g/mol. The van der Waals surface area contributed by atoms with E-state index in [1.165, 1.54) is 5.56 Å². The molecule has 0 saturated carbocycles. The fourth-order valence-corrected chi connectivity index (χ4v) is 1.62. The maximum Gasteiger partial charge on any atom is 0.119 e. The van der Waals surface area contributed by atoms with Gasteiger partial charge in [0.1, 0.15) is 5.75 Å². The first-order chi connectivity index (χ1) is 6.13. The molecule has 0 unspecified atom stereocenters. The summed E-state index contributed by atoms with van der Waals surface area (Å²) in [4.78, 5) is 0. The minimum atomic E-state index is 0.350. The molecule has 72 valence electrons. The third-order valence-electron chi connectivity index (χ3n) is 1.96. The molecule has 0 fully saturated rings. The Morgan fingerprint density at radius 3 is 2.62 bits per heavy atom. The lowest BCUT2D eigenvalue weighted by atomic mass is 10.0. The standard InChI is InChI=1S/C11H16OS/c1-8(2)5-9-3-4-11(12)10(6-9)7-13/h3-4,6,8,12-13H,5,7H2,1-2H3. The van der Waals surface area contributed by atoms with Crippen LogP contribution in [0.25, 0.3) is 0 Å². The van der Waals surface area contributed by atoms with Crippen molar-refractivity contribution in [3.63, 3.8) is 0 Å². The van der Waals surface area contributed by atoms with Crippen molar-refractivity contribution in [3.05, 3.63) is 29.3 Å².